The maximum Gasteiger partial charge on any atom is 0.344 e. The maximum atomic E-state index is 13.4. The number of rotatable bonds is 8. The van der Waals surface area contributed by atoms with Crippen LogP contribution in [0.2, 0.25) is 0 Å². The summed E-state index contributed by atoms with van der Waals surface area (Å²) in [6.07, 6.45) is 0. The molecular formula is C29H37N5O5. The first kappa shape index (κ1) is 28.3. The fourth-order valence-corrected chi connectivity index (χ4v) is 4.30. The number of aromatic nitrogens is 2. The molecule has 0 aliphatic carbocycles. The van der Waals surface area contributed by atoms with Crippen LogP contribution in [0.1, 0.15) is 50.7 Å². The molecule has 39 heavy (non-hydrogen) atoms. The van der Waals surface area contributed by atoms with E-state index in [2.05, 4.69) is 20.6 Å². The number of nitrogens with zero attached hydrogens (tertiary/aromatic N) is 3. The monoisotopic (exact) mass is 535 g/mol. The Morgan fingerprint density at radius 1 is 1.05 bits per heavy atom. The van der Waals surface area contributed by atoms with Crippen LogP contribution in [0.5, 0.6) is 5.75 Å². The number of anilines is 1. The lowest BCUT2D eigenvalue weighted by molar-refractivity contribution is -0.112. The summed E-state index contributed by atoms with van der Waals surface area (Å²) in [6.45, 7) is 14.0. The van der Waals surface area contributed by atoms with Crippen molar-refractivity contribution >= 4 is 34.3 Å². The number of amides is 2. The number of hydrogen-bond acceptors (Lipinski definition) is 7. The van der Waals surface area contributed by atoms with Crippen molar-refractivity contribution in [3.05, 3.63) is 53.7 Å². The van der Waals surface area contributed by atoms with Gasteiger partial charge in [0.25, 0.3) is 11.7 Å². The summed E-state index contributed by atoms with van der Waals surface area (Å²) in [6, 6.07) is 11.7. The lowest BCUT2D eigenvalue weighted by Crippen LogP contribution is -2.38. The Morgan fingerprint density at radius 2 is 1.74 bits per heavy atom. The lowest BCUT2D eigenvalue weighted by Gasteiger charge is -2.26. The summed E-state index contributed by atoms with van der Waals surface area (Å²) >= 11 is 0. The van der Waals surface area contributed by atoms with E-state index >= 15 is 0 Å². The molecule has 0 bridgehead atoms. The quantitative estimate of drug-likeness (QED) is 0.333. The molecule has 1 saturated heterocycles. The summed E-state index contributed by atoms with van der Waals surface area (Å²) in [7, 11) is 0. The van der Waals surface area contributed by atoms with E-state index in [0.717, 1.165) is 42.9 Å². The third kappa shape index (κ3) is 6.82. The van der Waals surface area contributed by atoms with Crippen LogP contribution in [-0.2, 0) is 14.9 Å². The van der Waals surface area contributed by atoms with Crippen molar-refractivity contribution in [1.29, 1.82) is 0 Å². The molecule has 0 atom stereocenters. The predicted octanol–water partition coefficient (Wildman–Crippen LogP) is 3.83. The van der Waals surface area contributed by atoms with E-state index in [-0.39, 0.29) is 22.8 Å². The zero-order valence-electron chi connectivity index (χ0n) is 23.2. The van der Waals surface area contributed by atoms with Gasteiger partial charge in [0.2, 0.25) is 0 Å². The number of ether oxygens (including phenoxy) is 2. The van der Waals surface area contributed by atoms with E-state index < -0.39 is 17.7 Å². The van der Waals surface area contributed by atoms with Gasteiger partial charge in [0.15, 0.2) is 0 Å². The molecule has 208 valence electrons. The van der Waals surface area contributed by atoms with Gasteiger partial charge in [0.05, 0.1) is 18.9 Å². The molecule has 2 amide bonds. The highest BCUT2D eigenvalue weighted by molar-refractivity contribution is 6.48. The van der Waals surface area contributed by atoms with Gasteiger partial charge in [-0.2, -0.15) is 9.78 Å². The molecule has 1 aliphatic heterocycles. The fraction of sp³-hybridized carbons (Fsp3) is 0.448. The fourth-order valence-electron chi connectivity index (χ4n) is 4.30. The summed E-state index contributed by atoms with van der Waals surface area (Å²) in [5.41, 5.74) is 0.478. The van der Waals surface area contributed by atoms with Gasteiger partial charge in [-0.25, -0.2) is 4.79 Å². The molecule has 0 unspecified atom stereocenters. The molecule has 1 aliphatic rings. The maximum absolute atomic E-state index is 13.4. The average molecular weight is 536 g/mol. The number of fused-ring (bicyclic) bond motifs is 1. The van der Waals surface area contributed by atoms with Gasteiger partial charge in [0, 0.05) is 48.1 Å². The normalized spacial score (nSPS) is 14.4. The second kappa shape index (κ2) is 12.0. The van der Waals surface area contributed by atoms with Crippen molar-refractivity contribution in [2.75, 3.05) is 44.8 Å². The first-order valence-electron chi connectivity index (χ1n) is 13.3. The lowest BCUT2D eigenvalue weighted by atomic mass is 9.92. The Hall–Kier alpha value is -3.76. The van der Waals surface area contributed by atoms with Crippen LogP contribution in [0.3, 0.4) is 0 Å². The minimum absolute atomic E-state index is 0.129. The molecule has 1 fully saturated rings. The number of nitrogens with one attached hydrogen (secondary N) is 2. The van der Waals surface area contributed by atoms with E-state index in [0.29, 0.717) is 23.4 Å². The molecular weight excluding hydrogens is 498 g/mol. The highest BCUT2D eigenvalue weighted by atomic mass is 16.5. The Balaban J connectivity index is 1.54. The molecule has 2 aromatic carbocycles. The van der Waals surface area contributed by atoms with Gasteiger partial charge in [-0.05, 0) is 31.4 Å². The summed E-state index contributed by atoms with van der Waals surface area (Å²) in [5, 5.41) is 11.1. The molecule has 0 saturated carbocycles. The molecule has 2 N–H and O–H groups in total. The first-order chi connectivity index (χ1) is 18.5. The van der Waals surface area contributed by atoms with Gasteiger partial charge < -0.3 is 20.1 Å². The Bertz CT molecular complexity index is 1350. The number of Topliss-reactive ketones (excluding diaryl/α,β-unsaturated/α-hetero) is 1. The van der Waals surface area contributed by atoms with E-state index in [1.807, 2.05) is 52.8 Å². The number of benzene rings is 2. The Labute approximate surface area is 228 Å². The number of ketones is 1. The number of morpholine rings is 1. The van der Waals surface area contributed by atoms with Gasteiger partial charge in [-0.1, -0.05) is 45.0 Å². The van der Waals surface area contributed by atoms with E-state index in [1.54, 1.807) is 24.3 Å². The van der Waals surface area contributed by atoms with Gasteiger partial charge in [0.1, 0.15) is 18.2 Å². The van der Waals surface area contributed by atoms with Crippen LogP contribution >= 0.6 is 0 Å². The van der Waals surface area contributed by atoms with E-state index in [9.17, 15) is 14.4 Å². The standard InChI is InChI=1S/C29H37N5O5/c1-19(2)30-28(37)34-25(18-24(32-34)29(3,4)5)31-27(36)26(35)22-10-11-23(21-9-7-6-8-20(21)22)39-17-14-33-12-15-38-16-13-33/h6-11,18-19H,12-17H2,1-5H3,(H,30,37)(H,31,36). The smallest absolute Gasteiger partial charge is 0.344 e. The molecule has 1 aromatic heterocycles. The van der Waals surface area contributed by atoms with Crippen LogP contribution in [0, 0.1) is 0 Å². The third-order valence-corrected chi connectivity index (χ3v) is 6.43. The average Bonchev–Trinajstić information content (AvgIpc) is 3.33. The first-order valence-corrected chi connectivity index (χ1v) is 13.3. The van der Waals surface area contributed by atoms with E-state index in [1.165, 1.54) is 0 Å². The van der Waals surface area contributed by atoms with Crippen molar-refractivity contribution in [2.45, 2.75) is 46.1 Å². The van der Waals surface area contributed by atoms with Crippen LogP contribution < -0.4 is 15.4 Å². The summed E-state index contributed by atoms with van der Waals surface area (Å²) < 4.78 is 12.6. The topological polar surface area (TPSA) is 115 Å². The van der Waals surface area contributed by atoms with Crippen molar-refractivity contribution in [3.63, 3.8) is 0 Å². The van der Waals surface area contributed by atoms with Crippen LogP contribution in [0.15, 0.2) is 42.5 Å². The Morgan fingerprint density at radius 3 is 2.41 bits per heavy atom. The molecule has 2 heterocycles. The van der Waals surface area contributed by atoms with Gasteiger partial charge in [-0.3, -0.25) is 14.5 Å². The minimum atomic E-state index is -0.861. The van der Waals surface area contributed by atoms with Gasteiger partial charge in [-0.15, -0.1) is 0 Å². The van der Waals surface area contributed by atoms with Gasteiger partial charge >= 0.3 is 6.03 Å². The van der Waals surface area contributed by atoms with Crippen LogP contribution in [0.25, 0.3) is 10.8 Å². The minimum Gasteiger partial charge on any atom is -0.492 e. The Kier molecular flexibility index (Phi) is 8.66. The number of carbonyl (C=O) groups excluding carboxylic acids is 3. The highest BCUT2D eigenvalue weighted by Gasteiger charge is 2.26. The largest absolute Gasteiger partial charge is 0.492 e. The zero-order valence-corrected chi connectivity index (χ0v) is 23.2. The second-order valence-electron chi connectivity index (χ2n) is 10.9. The number of carbonyl (C=O) groups is 3. The number of hydrogen-bond donors (Lipinski definition) is 2. The molecule has 4 rings (SSSR count). The van der Waals surface area contributed by atoms with Crippen molar-refractivity contribution in [2.24, 2.45) is 0 Å². The van der Waals surface area contributed by atoms with Crippen LogP contribution in [0.4, 0.5) is 10.6 Å². The zero-order chi connectivity index (χ0) is 28.2. The molecule has 3 aromatic rings. The second-order valence-corrected chi connectivity index (χ2v) is 10.9. The summed E-state index contributed by atoms with van der Waals surface area (Å²) in [5.74, 6) is -0.807. The molecule has 0 radical (unpaired) electrons. The highest BCUT2D eigenvalue weighted by Crippen LogP contribution is 2.30. The van der Waals surface area contributed by atoms with Crippen LogP contribution in [-0.4, -0.2) is 77.9 Å². The predicted molar refractivity (Wildman–Crippen MR) is 150 cm³/mol. The van der Waals surface area contributed by atoms with Crippen molar-refractivity contribution in [3.8, 4) is 5.75 Å². The molecule has 10 heteroatoms. The third-order valence-electron chi connectivity index (χ3n) is 6.43. The van der Waals surface area contributed by atoms with E-state index in [4.69, 9.17) is 9.47 Å². The van der Waals surface area contributed by atoms with Crippen molar-refractivity contribution < 1.29 is 23.9 Å². The SMILES string of the molecule is CC(C)NC(=O)n1nc(C(C)(C)C)cc1NC(=O)C(=O)c1ccc(OCCN2CCOCC2)c2ccccc12. The summed E-state index contributed by atoms with van der Waals surface area (Å²) in [4.78, 5) is 41.6. The van der Waals surface area contributed by atoms with Crippen molar-refractivity contribution in [1.82, 2.24) is 20.0 Å². The molecule has 10 nitrogen and oxygen atoms in total. The molecule has 0 spiro atoms.